The van der Waals surface area contributed by atoms with Crippen molar-refractivity contribution >= 4 is 21.6 Å². The van der Waals surface area contributed by atoms with E-state index in [0.29, 0.717) is 25.1 Å². The van der Waals surface area contributed by atoms with Gasteiger partial charge in [-0.2, -0.15) is 4.31 Å². The number of hydrogen-bond donors (Lipinski definition) is 1. The first-order valence-corrected chi connectivity index (χ1v) is 11.3. The SMILES string of the molecule is Cc1ccc(S(=O)(=O)N2CCCCC2CCNC(=O)c2ccc([N+](=O)[O-])cc2)cc1. The van der Waals surface area contributed by atoms with Crippen molar-refractivity contribution in [3.8, 4) is 0 Å². The Bertz CT molecular complexity index is 1000. The molecule has 1 saturated heterocycles. The largest absolute Gasteiger partial charge is 0.352 e. The number of rotatable bonds is 7. The zero-order chi connectivity index (χ0) is 21.7. The van der Waals surface area contributed by atoms with Crippen LogP contribution in [0, 0.1) is 17.0 Å². The number of nitro groups is 1. The lowest BCUT2D eigenvalue weighted by atomic mass is 10.0. The molecule has 0 aliphatic carbocycles. The Labute approximate surface area is 176 Å². The zero-order valence-corrected chi connectivity index (χ0v) is 17.6. The van der Waals surface area contributed by atoms with Gasteiger partial charge in [-0.15, -0.1) is 0 Å². The lowest BCUT2D eigenvalue weighted by Crippen LogP contribution is -2.45. The van der Waals surface area contributed by atoms with E-state index in [1.165, 1.54) is 24.3 Å². The highest BCUT2D eigenvalue weighted by molar-refractivity contribution is 7.89. The van der Waals surface area contributed by atoms with Gasteiger partial charge in [0, 0.05) is 36.8 Å². The molecule has 1 amide bonds. The minimum atomic E-state index is -3.59. The monoisotopic (exact) mass is 431 g/mol. The Morgan fingerprint density at radius 1 is 1.13 bits per heavy atom. The van der Waals surface area contributed by atoms with Crippen LogP contribution >= 0.6 is 0 Å². The average molecular weight is 432 g/mol. The van der Waals surface area contributed by atoms with Crippen molar-refractivity contribution in [2.45, 2.75) is 43.5 Å². The molecule has 2 aromatic rings. The summed E-state index contributed by atoms with van der Waals surface area (Å²) in [4.78, 5) is 22.8. The van der Waals surface area contributed by atoms with Crippen LogP contribution in [0.25, 0.3) is 0 Å². The summed E-state index contributed by atoms with van der Waals surface area (Å²) in [5.74, 6) is -0.339. The number of benzene rings is 2. The van der Waals surface area contributed by atoms with Gasteiger partial charge in [0.25, 0.3) is 11.6 Å². The first-order chi connectivity index (χ1) is 14.3. The molecule has 1 heterocycles. The third-order valence-corrected chi connectivity index (χ3v) is 7.27. The molecule has 30 heavy (non-hydrogen) atoms. The van der Waals surface area contributed by atoms with Crippen molar-refractivity contribution in [1.29, 1.82) is 0 Å². The molecule has 0 bridgehead atoms. The van der Waals surface area contributed by atoms with Crippen LogP contribution in [0.4, 0.5) is 5.69 Å². The van der Waals surface area contributed by atoms with Crippen LogP contribution in [-0.2, 0) is 10.0 Å². The fraction of sp³-hybridized carbons (Fsp3) is 0.381. The van der Waals surface area contributed by atoms with Crippen molar-refractivity contribution in [1.82, 2.24) is 9.62 Å². The summed E-state index contributed by atoms with van der Waals surface area (Å²) < 4.78 is 27.8. The summed E-state index contributed by atoms with van der Waals surface area (Å²) in [7, 11) is -3.59. The molecule has 9 heteroatoms. The van der Waals surface area contributed by atoms with E-state index in [4.69, 9.17) is 0 Å². The molecule has 0 spiro atoms. The van der Waals surface area contributed by atoms with Gasteiger partial charge in [0.05, 0.1) is 9.82 Å². The third-order valence-electron chi connectivity index (χ3n) is 5.30. The molecule has 1 fully saturated rings. The first kappa shape index (κ1) is 21.9. The first-order valence-electron chi connectivity index (χ1n) is 9.90. The number of carbonyl (C=O) groups is 1. The van der Waals surface area contributed by atoms with E-state index in [1.54, 1.807) is 28.6 Å². The van der Waals surface area contributed by atoms with Gasteiger partial charge in [-0.1, -0.05) is 24.1 Å². The number of sulfonamides is 1. The number of aryl methyl sites for hydroxylation is 1. The van der Waals surface area contributed by atoms with E-state index in [9.17, 15) is 23.3 Å². The van der Waals surface area contributed by atoms with E-state index in [2.05, 4.69) is 5.32 Å². The molecule has 1 aliphatic rings. The van der Waals surface area contributed by atoms with E-state index in [1.807, 2.05) is 6.92 Å². The molecule has 1 atom stereocenters. The van der Waals surface area contributed by atoms with Gasteiger partial charge < -0.3 is 5.32 Å². The van der Waals surface area contributed by atoms with Crippen LogP contribution < -0.4 is 5.32 Å². The Hall–Kier alpha value is -2.78. The summed E-state index contributed by atoms with van der Waals surface area (Å²) in [5.41, 5.74) is 1.25. The Kier molecular flexibility index (Phi) is 6.84. The molecule has 2 aromatic carbocycles. The second kappa shape index (κ2) is 9.36. The highest BCUT2D eigenvalue weighted by atomic mass is 32.2. The molecule has 0 saturated carbocycles. The average Bonchev–Trinajstić information content (AvgIpc) is 2.74. The summed E-state index contributed by atoms with van der Waals surface area (Å²) in [6.45, 7) is 2.70. The normalized spacial score (nSPS) is 17.4. The maximum Gasteiger partial charge on any atom is 0.269 e. The lowest BCUT2D eigenvalue weighted by Gasteiger charge is -2.34. The molecule has 1 N–H and O–H groups in total. The number of amides is 1. The van der Waals surface area contributed by atoms with Crippen LogP contribution in [0.2, 0.25) is 0 Å². The van der Waals surface area contributed by atoms with Crippen LogP contribution in [0.5, 0.6) is 0 Å². The van der Waals surface area contributed by atoms with Gasteiger partial charge in [-0.25, -0.2) is 8.42 Å². The van der Waals surface area contributed by atoms with Gasteiger partial charge in [0.1, 0.15) is 0 Å². The smallest absolute Gasteiger partial charge is 0.269 e. The Balaban J connectivity index is 1.62. The van der Waals surface area contributed by atoms with Crippen molar-refractivity contribution in [3.63, 3.8) is 0 Å². The van der Waals surface area contributed by atoms with Gasteiger partial charge in [0.2, 0.25) is 10.0 Å². The molecule has 0 aromatic heterocycles. The molecular formula is C21H25N3O5S. The van der Waals surface area contributed by atoms with Crippen LogP contribution in [0.3, 0.4) is 0 Å². The molecule has 0 radical (unpaired) electrons. The molecule has 1 aliphatic heterocycles. The van der Waals surface area contributed by atoms with Crippen molar-refractivity contribution in [3.05, 3.63) is 69.8 Å². The maximum atomic E-state index is 13.1. The van der Waals surface area contributed by atoms with E-state index in [-0.39, 0.29) is 22.5 Å². The fourth-order valence-electron chi connectivity index (χ4n) is 3.61. The number of nitrogens with one attached hydrogen (secondary N) is 1. The van der Waals surface area contributed by atoms with Crippen LogP contribution in [-0.4, -0.2) is 42.7 Å². The predicted octanol–water partition coefficient (Wildman–Crippen LogP) is 3.27. The third kappa shape index (κ3) is 5.03. The number of carbonyl (C=O) groups excluding carboxylic acids is 1. The second-order valence-electron chi connectivity index (χ2n) is 7.43. The second-order valence-corrected chi connectivity index (χ2v) is 9.32. The zero-order valence-electron chi connectivity index (χ0n) is 16.8. The minimum Gasteiger partial charge on any atom is -0.352 e. The summed E-state index contributed by atoms with van der Waals surface area (Å²) in [5, 5.41) is 13.5. The number of piperidine rings is 1. The van der Waals surface area contributed by atoms with Gasteiger partial charge in [-0.3, -0.25) is 14.9 Å². The van der Waals surface area contributed by atoms with E-state index < -0.39 is 14.9 Å². The summed E-state index contributed by atoms with van der Waals surface area (Å²) in [6.07, 6.45) is 3.01. The Morgan fingerprint density at radius 3 is 2.43 bits per heavy atom. The van der Waals surface area contributed by atoms with Crippen LogP contribution in [0.15, 0.2) is 53.4 Å². The molecule has 1 unspecified atom stereocenters. The number of nitro benzene ring substituents is 1. The van der Waals surface area contributed by atoms with E-state index >= 15 is 0 Å². The standard InChI is InChI=1S/C21H25N3O5S/c1-16-5-11-20(12-6-16)30(28,29)23-15-3-2-4-18(23)13-14-22-21(25)17-7-9-19(10-8-17)24(26)27/h5-12,18H,2-4,13-15H2,1H3,(H,22,25). The molecule has 8 nitrogen and oxygen atoms in total. The summed E-state index contributed by atoms with van der Waals surface area (Å²) in [6, 6.07) is 12.0. The molecule has 160 valence electrons. The predicted molar refractivity (Wildman–Crippen MR) is 113 cm³/mol. The van der Waals surface area contributed by atoms with E-state index in [0.717, 1.165) is 24.8 Å². The highest BCUT2D eigenvalue weighted by Gasteiger charge is 2.33. The number of hydrogen-bond acceptors (Lipinski definition) is 5. The lowest BCUT2D eigenvalue weighted by molar-refractivity contribution is -0.384. The van der Waals surface area contributed by atoms with Crippen molar-refractivity contribution < 1.29 is 18.1 Å². The van der Waals surface area contributed by atoms with Crippen LogP contribution in [0.1, 0.15) is 41.6 Å². The topological polar surface area (TPSA) is 110 Å². The maximum absolute atomic E-state index is 13.1. The highest BCUT2D eigenvalue weighted by Crippen LogP contribution is 2.27. The number of nitrogens with zero attached hydrogens (tertiary/aromatic N) is 2. The molecular weight excluding hydrogens is 406 g/mol. The number of non-ortho nitro benzene ring substituents is 1. The Morgan fingerprint density at radius 2 is 1.80 bits per heavy atom. The summed E-state index contributed by atoms with van der Waals surface area (Å²) >= 11 is 0. The quantitative estimate of drug-likeness (QED) is 0.534. The van der Waals surface area contributed by atoms with Crippen molar-refractivity contribution in [2.24, 2.45) is 0 Å². The minimum absolute atomic E-state index is 0.0780. The van der Waals surface area contributed by atoms with Gasteiger partial charge in [-0.05, 0) is 50.5 Å². The van der Waals surface area contributed by atoms with Gasteiger partial charge in [0.15, 0.2) is 0 Å². The molecule has 3 rings (SSSR count). The fourth-order valence-corrected chi connectivity index (χ4v) is 5.34. The van der Waals surface area contributed by atoms with Crippen molar-refractivity contribution in [2.75, 3.05) is 13.1 Å². The van der Waals surface area contributed by atoms with Gasteiger partial charge >= 0.3 is 0 Å².